The average molecular weight is 430 g/mol. The first-order valence-electron chi connectivity index (χ1n) is 10.6. The zero-order chi connectivity index (χ0) is 21.5. The lowest BCUT2D eigenvalue weighted by atomic mass is 9.67. The molecule has 30 heavy (non-hydrogen) atoms. The summed E-state index contributed by atoms with van der Waals surface area (Å²) >= 11 is 6.27. The van der Waals surface area contributed by atoms with Crippen molar-refractivity contribution in [2.75, 3.05) is 13.2 Å². The van der Waals surface area contributed by atoms with Crippen LogP contribution in [0, 0.1) is 11.3 Å². The second-order valence-corrected chi connectivity index (χ2v) is 9.77. The summed E-state index contributed by atoms with van der Waals surface area (Å²) in [5.74, 6) is -1.38. The third kappa shape index (κ3) is 4.23. The van der Waals surface area contributed by atoms with Gasteiger partial charge in [-0.1, -0.05) is 37.6 Å². The van der Waals surface area contributed by atoms with Gasteiger partial charge in [0.05, 0.1) is 6.10 Å². The SMILES string of the molecule is CC1=NC2=C(C(=O)CC(C)(C)C2)[C@H](c2cccc(Cl)c2)C1C(=O)OC[C@H]1CCCO1. The van der Waals surface area contributed by atoms with Gasteiger partial charge in [0.2, 0.25) is 0 Å². The van der Waals surface area contributed by atoms with Gasteiger partial charge in [0, 0.05) is 41.0 Å². The number of carbonyl (C=O) groups is 2. The minimum atomic E-state index is -0.645. The third-order valence-electron chi connectivity index (χ3n) is 6.20. The smallest absolute Gasteiger partial charge is 0.315 e. The molecular weight excluding hydrogens is 402 g/mol. The molecule has 0 radical (unpaired) electrons. The number of allylic oxidation sites excluding steroid dienone is 2. The summed E-state index contributed by atoms with van der Waals surface area (Å²) in [6.45, 7) is 6.95. The monoisotopic (exact) mass is 429 g/mol. The third-order valence-corrected chi connectivity index (χ3v) is 6.43. The fourth-order valence-corrected chi connectivity index (χ4v) is 5.05. The molecule has 4 rings (SSSR count). The Balaban J connectivity index is 1.71. The number of ketones is 1. The van der Waals surface area contributed by atoms with E-state index in [2.05, 4.69) is 13.8 Å². The van der Waals surface area contributed by atoms with E-state index in [9.17, 15) is 9.59 Å². The second kappa shape index (κ2) is 8.27. The maximum atomic E-state index is 13.2. The molecule has 2 heterocycles. The highest BCUT2D eigenvalue weighted by Crippen LogP contribution is 2.48. The van der Waals surface area contributed by atoms with Crippen LogP contribution in [0.2, 0.25) is 5.02 Å². The zero-order valence-corrected chi connectivity index (χ0v) is 18.5. The molecule has 1 fully saturated rings. The predicted octanol–water partition coefficient (Wildman–Crippen LogP) is 4.88. The van der Waals surface area contributed by atoms with Gasteiger partial charge in [-0.05, 0) is 49.3 Å². The molecule has 0 aromatic heterocycles. The Bertz CT molecular complexity index is 927. The lowest BCUT2D eigenvalue weighted by molar-refractivity contribution is -0.149. The number of Topliss-reactive ketones (excluding diaryl/α,β-unsaturated/α-hetero) is 1. The molecule has 0 saturated carbocycles. The number of rotatable bonds is 4. The molecule has 6 heteroatoms. The lowest BCUT2D eigenvalue weighted by Crippen LogP contribution is -2.40. The molecule has 1 saturated heterocycles. The summed E-state index contributed by atoms with van der Waals surface area (Å²) in [6.07, 6.45) is 2.98. The van der Waals surface area contributed by atoms with Gasteiger partial charge in [-0.15, -0.1) is 0 Å². The maximum Gasteiger partial charge on any atom is 0.315 e. The van der Waals surface area contributed by atoms with Crippen molar-refractivity contribution in [2.24, 2.45) is 16.3 Å². The van der Waals surface area contributed by atoms with Crippen LogP contribution in [0.5, 0.6) is 0 Å². The second-order valence-electron chi connectivity index (χ2n) is 9.33. The van der Waals surface area contributed by atoms with E-state index < -0.39 is 11.8 Å². The quantitative estimate of drug-likeness (QED) is 0.640. The van der Waals surface area contributed by atoms with Crippen molar-refractivity contribution in [1.29, 1.82) is 0 Å². The first-order chi connectivity index (χ1) is 14.2. The van der Waals surface area contributed by atoms with Crippen LogP contribution in [0.25, 0.3) is 0 Å². The Morgan fingerprint density at radius 3 is 2.83 bits per heavy atom. The summed E-state index contributed by atoms with van der Waals surface area (Å²) in [6, 6.07) is 7.40. The number of hydrogen-bond acceptors (Lipinski definition) is 5. The fraction of sp³-hybridized carbons (Fsp3) is 0.542. The number of benzene rings is 1. The van der Waals surface area contributed by atoms with Gasteiger partial charge >= 0.3 is 5.97 Å². The number of esters is 1. The standard InChI is InChI=1S/C24H28ClNO4/c1-14-20(23(28)30-13-17-8-5-9-29-17)21(15-6-4-7-16(25)10-15)22-18(26-14)11-24(2,3)12-19(22)27/h4,6-7,10,17,20-21H,5,8-9,11-13H2,1-3H3/t17-,20?,21-/m1/s1. The first-order valence-corrected chi connectivity index (χ1v) is 11.0. The molecule has 1 unspecified atom stereocenters. The molecule has 0 N–H and O–H groups in total. The molecule has 2 aliphatic heterocycles. The molecule has 5 nitrogen and oxygen atoms in total. The molecule has 0 spiro atoms. The van der Waals surface area contributed by atoms with Crippen LogP contribution in [0.15, 0.2) is 40.5 Å². The van der Waals surface area contributed by atoms with Gasteiger partial charge < -0.3 is 9.47 Å². The Labute approximate surface area is 182 Å². The predicted molar refractivity (Wildman–Crippen MR) is 116 cm³/mol. The topological polar surface area (TPSA) is 65.0 Å². The number of halogens is 1. The van der Waals surface area contributed by atoms with E-state index in [-0.39, 0.29) is 29.9 Å². The van der Waals surface area contributed by atoms with Gasteiger partial charge in [-0.3, -0.25) is 14.6 Å². The molecule has 0 amide bonds. The Morgan fingerprint density at radius 2 is 2.13 bits per heavy atom. The summed E-state index contributed by atoms with van der Waals surface area (Å²) in [5.41, 5.74) is 2.81. The number of ether oxygens (including phenoxy) is 2. The highest BCUT2D eigenvalue weighted by Gasteiger charge is 2.46. The average Bonchev–Trinajstić information content (AvgIpc) is 3.17. The number of nitrogens with zero attached hydrogens (tertiary/aromatic N) is 1. The molecule has 3 aliphatic rings. The van der Waals surface area contributed by atoms with Crippen molar-refractivity contribution in [3.8, 4) is 0 Å². The lowest BCUT2D eigenvalue weighted by Gasteiger charge is -2.39. The minimum absolute atomic E-state index is 0.0497. The van der Waals surface area contributed by atoms with E-state index in [0.717, 1.165) is 24.1 Å². The van der Waals surface area contributed by atoms with Gasteiger partial charge in [0.25, 0.3) is 0 Å². The summed E-state index contributed by atoms with van der Waals surface area (Å²) < 4.78 is 11.2. The highest BCUT2D eigenvalue weighted by molar-refractivity contribution is 6.30. The van der Waals surface area contributed by atoms with Crippen LogP contribution in [0.3, 0.4) is 0 Å². The van der Waals surface area contributed by atoms with Crippen LogP contribution < -0.4 is 0 Å². The summed E-state index contributed by atoms with van der Waals surface area (Å²) in [5, 5.41) is 0.574. The number of hydrogen-bond donors (Lipinski definition) is 0. The molecule has 160 valence electrons. The molecule has 1 aromatic carbocycles. The van der Waals surface area contributed by atoms with E-state index >= 15 is 0 Å². The van der Waals surface area contributed by atoms with E-state index in [4.69, 9.17) is 26.1 Å². The van der Waals surface area contributed by atoms with Crippen molar-refractivity contribution in [3.63, 3.8) is 0 Å². The van der Waals surface area contributed by atoms with Crippen molar-refractivity contribution >= 4 is 29.1 Å². The van der Waals surface area contributed by atoms with Crippen molar-refractivity contribution in [1.82, 2.24) is 0 Å². The van der Waals surface area contributed by atoms with E-state index in [1.807, 2.05) is 25.1 Å². The van der Waals surface area contributed by atoms with Crippen molar-refractivity contribution in [3.05, 3.63) is 46.1 Å². The van der Waals surface area contributed by atoms with E-state index in [1.165, 1.54) is 0 Å². The number of carbonyl (C=O) groups excluding carboxylic acids is 2. The van der Waals surface area contributed by atoms with Gasteiger partial charge in [-0.2, -0.15) is 0 Å². The number of aliphatic imine (C=N–C) groups is 1. The van der Waals surface area contributed by atoms with Crippen LogP contribution in [-0.2, 0) is 19.1 Å². The van der Waals surface area contributed by atoms with Gasteiger partial charge in [0.1, 0.15) is 12.5 Å². The summed E-state index contributed by atoms with van der Waals surface area (Å²) in [7, 11) is 0. The molecule has 1 aromatic rings. The van der Waals surface area contributed by atoms with E-state index in [0.29, 0.717) is 35.8 Å². The first kappa shape index (κ1) is 21.3. The van der Waals surface area contributed by atoms with Crippen LogP contribution in [-0.4, -0.2) is 36.8 Å². The van der Waals surface area contributed by atoms with Gasteiger partial charge in [-0.25, -0.2) is 0 Å². The Morgan fingerprint density at radius 1 is 1.33 bits per heavy atom. The Hall–Kier alpha value is -1.98. The van der Waals surface area contributed by atoms with Crippen molar-refractivity contribution < 1.29 is 19.1 Å². The summed E-state index contributed by atoms with van der Waals surface area (Å²) in [4.78, 5) is 31.2. The van der Waals surface area contributed by atoms with E-state index in [1.54, 1.807) is 6.07 Å². The molecule has 3 atom stereocenters. The fourth-order valence-electron chi connectivity index (χ4n) is 4.85. The highest BCUT2D eigenvalue weighted by atomic mass is 35.5. The van der Waals surface area contributed by atoms with Crippen LogP contribution >= 0.6 is 11.6 Å². The minimum Gasteiger partial charge on any atom is -0.462 e. The van der Waals surface area contributed by atoms with Crippen LogP contribution in [0.4, 0.5) is 0 Å². The maximum absolute atomic E-state index is 13.2. The normalized spacial score (nSPS) is 28.2. The van der Waals surface area contributed by atoms with Gasteiger partial charge in [0.15, 0.2) is 5.78 Å². The van der Waals surface area contributed by atoms with Crippen LogP contribution in [0.1, 0.15) is 57.9 Å². The Kier molecular flexibility index (Phi) is 5.86. The molecule has 0 bridgehead atoms. The zero-order valence-electron chi connectivity index (χ0n) is 17.7. The molecule has 1 aliphatic carbocycles. The molecular formula is C24H28ClNO4. The largest absolute Gasteiger partial charge is 0.462 e. The van der Waals surface area contributed by atoms with Crippen molar-refractivity contribution in [2.45, 2.75) is 58.5 Å².